The number of thiophene rings is 1. The molecule has 0 atom stereocenters. The average Bonchev–Trinajstić information content (AvgIpc) is 3.27. The van der Waals surface area contributed by atoms with Gasteiger partial charge in [-0.1, -0.05) is 12.8 Å². The smallest absolute Gasteiger partial charge is 0.191 e. The van der Waals surface area contributed by atoms with E-state index in [-0.39, 0.29) is 0 Å². The third-order valence-electron chi connectivity index (χ3n) is 5.32. The van der Waals surface area contributed by atoms with Crippen LogP contribution in [0.5, 0.6) is 0 Å². The predicted octanol–water partition coefficient (Wildman–Crippen LogP) is 2.57. The largest absolute Gasteiger partial charge is 0.388 e. The standard InChI is InChI=1S/C19H32N4OS/c1-2-20-18(21-15-19(24)8-3-4-9-19)22-17-5-10-23(11-6-17)13-16-7-12-25-14-16/h7,12,14,17,24H,2-6,8-11,13,15H2,1H3,(H2,20,21,22). The van der Waals surface area contributed by atoms with Gasteiger partial charge in [0.05, 0.1) is 12.1 Å². The van der Waals surface area contributed by atoms with Crippen LogP contribution in [0.2, 0.25) is 0 Å². The van der Waals surface area contributed by atoms with Crippen molar-refractivity contribution < 1.29 is 5.11 Å². The van der Waals surface area contributed by atoms with E-state index in [1.54, 1.807) is 11.3 Å². The van der Waals surface area contributed by atoms with Crippen LogP contribution in [0.15, 0.2) is 21.8 Å². The quantitative estimate of drug-likeness (QED) is 0.536. The Morgan fingerprint density at radius 2 is 2.12 bits per heavy atom. The van der Waals surface area contributed by atoms with E-state index in [1.165, 1.54) is 5.56 Å². The molecule has 3 N–H and O–H groups in total. The first-order chi connectivity index (χ1) is 12.2. The van der Waals surface area contributed by atoms with Crippen molar-refractivity contribution in [1.29, 1.82) is 0 Å². The second kappa shape index (κ2) is 9.01. The minimum Gasteiger partial charge on any atom is -0.388 e. The number of nitrogens with zero attached hydrogens (tertiary/aromatic N) is 2. The van der Waals surface area contributed by atoms with Crippen LogP contribution in [0, 0.1) is 0 Å². The summed E-state index contributed by atoms with van der Waals surface area (Å²) in [4.78, 5) is 7.21. The molecule has 2 fully saturated rings. The average molecular weight is 365 g/mol. The highest BCUT2D eigenvalue weighted by Crippen LogP contribution is 2.29. The summed E-state index contributed by atoms with van der Waals surface area (Å²) in [7, 11) is 0. The number of aliphatic imine (C=N–C) groups is 1. The van der Waals surface area contributed by atoms with Gasteiger partial charge in [-0.15, -0.1) is 0 Å². The van der Waals surface area contributed by atoms with E-state index >= 15 is 0 Å². The summed E-state index contributed by atoms with van der Waals surface area (Å²) in [6.45, 7) is 6.76. The Balaban J connectivity index is 1.46. The van der Waals surface area contributed by atoms with Crippen LogP contribution in [-0.2, 0) is 6.54 Å². The highest BCUT2D eigenvalue weighted by molar-refractivity contribution is 7.07. The fraction of sp³-hybridized carbons (Fsp3) is 0.737. The normalized spacial score (nSPS) is 22.2. The Bertz CT molecular complexity index is 532. The lowest BCUT2D eigenvalue weighted by molar-refractivity contribution is 0.0573. The number of nitrogens with one attached hydrogen (secondary N) is 2. The zero-order chi connectivity index (χ0) is 17.5. The van der Waals surface area contributed by atoms with Crippen molar-refractivity contribution in [1.82, 2.24) is 15.5 Å². The summed E-state index contributed by atoms with van der Waals surface area (Å²) in [5.74, 6) is 0.860. The van der Waals surface area contributed by atoms with Gasteiger partial charge in [-0.25, -0.2) is 0 Å². The van der Waals surface area contributed by atoms with Crippen LogP contribution >= 0.6 is 11.3 Å². The van der Waals surface area contributed by atoms with Gasteiger partial charge < -0.3 is 15.7 Å². The first-order valence-electron chi connectivity index (χ1n) is 9.67. The van der Waals surface area contributed by atoms with Crippen molar-refractivity contribution in [3.8, 4) is 0 Å². The van der Waals surface area contributed by atoms with Crippen LogP contribution < -0.4 is 10.6 Å². The second-order valence-corrected chi connectivity index (χ2v) is 8.23. The summed E-state index contributed by atoms with van der Waals surface area (Å²) in [5, 5.41) is 21.8. The van der Waals surface area contributed by atoms with E-state index in [1.807, 2.05) is 0 Å². The molecule has 6 heteroatoms. The van der Waals surface area contributed by atoms with Gasteiger partial charge in [-0.3, -0.25) is 9.89 Å². The molecule has 1 aromatic rings. The third kappa shape index (κ3) is 5.69. The first-order valence-corrected chi connectivity index (χ1v) is 10.6. The maximum absolute atomic E-state index is 10.5. The van der Waals surface area contributed by atoms with Crippen LogP contribution in [0.3, 0.4) is 0 Å². The molecule has 1 saturated heterocycles. The lowest BCUT2D eigenvalue weighted by atomic mass is 10.0. The molecular weight excluding hydrogens is 332 g/mol. The molecule has 25 heavy (non-hydrogen) atoms. The monoisotopic (exact) mass is 364 g/mol. The highest BCUT2D eigenvalue weighted by Gasteiger charge is 2.31. The van der Waals surface area contributed by atoms with Gasteiger partial charge in [0.25, 0.3) is 0 Å². The molecule has 0 spiro atoms. The zero-order valence-corrected chi connectivity index (χ0v) is 16.2. The molecular formula is C19H32N4OS. The fourth-order valence-electron chi connectivity index (χ4n) is 3.81. The maximum atomic E-state index is 10.5. The molecule has 0 bridgehead atoms. The molecule has 0 aromatic carbocycles. The molecule has 1 aliphatic heterocycles. The predicted molar refractivity (Wildman–Crippen MR) is 105 cm³/mol. The third-order valence-corrected chi connectivity index (χ3v) is 6.06. The number of hydrogen-bond donors (Lipinski definition) is 3. The zero-order valence-electron chi connectivity index (χ0n) is 15.3. The van der Waals surface area contributed by atoms with Crippen molar-refractivity contribution in [3.63, 3.8) is 0 Å². The summed E-state index contributed by atoms with van der Waals surface area (Å²) < 4.78 is 0. The topological polar surface area (TPSA) is 59.9 Å². The highest BCUT2D eigenvalue weighted by atomic mass is 32.1. The number of rotatable bonds is 6. The van der Waals surface area contributed by atoms with Gasteiger partial charge in [0.1, 0.15) is 0 Å². The number of piperidine rings is 1. The molecule has 1 aliphatic carbocycles. The molecule has 0 radical (unpaired) electrons. The number of aliphatic hydroxyl groups is 1. The van der Waals surface area contributed by atoms with Crippen LogP contribution in [0.25, 0.3) is 0 Å². The second-order valence-electron chi connectivity index (χ2n) is 7.45. The molecule has 5 nitrogen and oxygen atoms in total. The van der Waals surface area contributed by atoms with Gasteiger partial charge in [-0.05, 0) is 55.0 Å². The Morgan fingerprint density at radius 3 is 2.76 bits per heavy atom. The van der Waals surface area contributed by atoms with Crippen molar-refractivity contribution >= 4 is 17.3 Å². The molecule has 140 valence electrons. The molecule has 2 aliphatic rings. The lowest BCUT2D eigenvalue weighted by Crippen LogP contribution is -2.49. The Labute approximate surface area is 155 Å². The molecule has 2 heterocycles. The van der Waals surface area contributed by atoms with Crippen LogP contribution in [0.4, 0.5) is 0 Å². The van der Waals surface area contributed by atoms with Gasteiger partial charge in [0.2, 0.25) is 0 Å². The lowest BCUT2D eigenvalue weighted by Gasteiger charge is -2.33. The maximum Gasteiger partial charge on any atom is 0.191 e. The van der Waals surface area contributed by atoms with Gasteiger partial charge in [-0.2, -0.15) is 11.3 Å². The van der Waals surface area contributed by atoms with Crippen molar-refractivity contribution in [3.05, 3.63) is 22.4 Å². The molecule has 0 amide bonds. The van der Waals surface area contributed by atoms with Crippen molar-refractivity contribution in [2.45, 2.75) is 63.6 Å². The molecule has 1 aromatic heterocycles. The van der Waals surface area contributed by atoms with E-state index in [4.69, 9.17) is 0 Å². The van der Waals surface area contributed by atoms with Crippen molar-refractivity contribution in [2.75, 3.05) is 26.2 Å². The fourth-order valence-corrected chi connectivity index (χ4v) is 4.47. The Kier molecular flexibility index (Phi) is 6.73. The minimum absolute atomic E-state index is 0.467. The molecule has 3 rings (SSSR count). The van der Waals surface area contributed by atoms with Gasteiger partial charge >= 0.3 is 0 Å². The van der Waals surface area contributed by atoms with E-state index in [0.717, 1.165) is 70.7 Å². The molecule has 1 saturated carbocycles. The number of likely N-dealkylation sites (tertiary alicyclic amines) is 1. The summed E-state index contributed by atoms with van der Waals surface area (Å²) >= 11 is 1.77. The van der Waals surface area contributed by atoms with Gasteiger partial charge in [0.15, 0.2) is 5.96 Å². The van der Waals surface area contributed by atoms with Gasteiger partial charge in [0, 0.05) is 32.2 Å². The van der Waals surface area contributed by atoms with Crippen LogP contribution in [-0.4, -0.2) is 53.8 Å². The van der Waals surface area contributed by atoms with E-state index in [9.17, 15) is 5.11 Å². The van der Waals surface area contributed by atoms with E-state index in [0.29, 0.717) is 12.6 Å². The van der Waals surface area contributed by atoms with Crippen LogP contribution in [0.1, 0.15) is 51.0 Å². The summed E-state index contributed by atoms with van der Waals surface area (Å²) in [6.07, 6.45) is 6.29. The van der Waals surface area contributed by atoms with Crippen molar-refractivity contribution in [2.24, 2.45) is 4.99 Å². The summed E-state index contributed by atoms with van der Waals surface area (Å²) in [5.41, 5.74) is 0.850. The SMILES string of the molecule is CCNC(=NCC1(O)CCCC1)NC1CCN(Cc2ccsc2)CC1. The minimum atomic E-state index is -0.577. The van der Waals surface area contributed by atoms with E-state index < -0.39 is 5.60 Å². The first kappa shape index (κ1) is 18.7. The summed E-state index contributed by atoms with van der Waals surface area (Å²) in [6, 6.07) is 2.69. The molecule has 0 unspecified atom stereocenters. The number of guanidine groups is 1. The van der Waals surface area contributed by atoms with E-state index in [2.05, 4.69) is 44.3 Å². The Morgan fingerprint density at radius 1 is 1.36 bits per heavy atom. The Hall–Kier alpha value is -1.11. The number of hydrogen-bond acceptors (Lipinski definition) is 4.